The standard InChI is InChI=1S/C20H29FN2O2/c1-3-16-13-23(14-19(16)22-7-9-25-10-8-22)20(24)11-15(2)17-5-4-6-18(21)12-17/h4-6,12,15-16,19H,3,7-11,13-14H2,1-2H3/t15-,16+,19-/m0/s1. The van der Waals surface area contributed by atoms with Crippen LogP contribution in [0, 0.1) is 11.7 Å². The first-order chi connectivity index (χ1) is 12.1. The molecule has 5 heteroatoms. The Balaban J connectivity index is 1.60. The van der Waals surface area contributed by atoms with Gasteiger partial charge in [-0.3, -0.25) is 9.69 Å². The maximum Gasteiger partial charge on any atom is 0.223 e. The van der Waals surface area contributed by atoms with E-state index >= 15 is 0 Å². The summed E-state index contributed by atoms with van der Waals surface area (Å²) in [6.45, 7) is 9.36. The topological polar surface area (TPSA) is 32.8 Å². The monoisotopic (exact) mass is 348 g/mol. The van der Waals surface area contributed by atoms with Crippen molar-refractivity contribution in [2.24, 2.45) is 5.92 Å². The number of halogens is 1. The number of hydrogen-bond acceptors (Lipinski definition) is 3. The first-order valence-corrected chi connectivity index (χ1v) is 9.43. The number of likely N-dealkylation sites (tertiary alicyclic amines) is 1. The Morgan fingerprint density at radius 1 is 1.32 bits per heavy atom. The predicted molar refractivity (Wildman–Crippen MR) is 96.0 cm³/mol. The Hall–Kier alpha value is -1.46. The molecule has 0 radical (unpaired) electrons. The fourth-order valence-corrected chi connectivity index (χ4v) is 4.10. The minimum Gasteiger partial charge on any atom is -0.379 e. The summed E-state index contributed by atoms with van der Waals surface area (Å²) in [6, 6.07) is 7.03. The van der Waals surface area contributed by atoms with Gasteiger partial charge in [0, 0.05) is 38.6 Å². The maximum atomic E-state index is 13.4. The third-order valence-corrected chi connectivity index (χ3v) is 5.70. The van der Waals surface area contributed by atoms with Crippen LogP contribution in [0.25, 0.3) is 0 Å². The highest BCUT2D eigenvalue weighted by atomic mass is 19.1. The van der Waals surface area contributed by atoms with Gasteiger partial charge in [-0.1, -0.05) is 32.4 Å². The third-order valence-electron chi connectivity index (χ3n) is 5.70. The number of hydrogen-bond donors (Lipinski definition) is 0. The third kappa shape index (κ3) is 4.39. The number of nitrogens with zero attached hydrogens (tertiary/aromatic N) is 2. The summed E-state index contributed by atoms with van der Waals surface area (Å²) < 4.78 is 18.9. The van der Waals surface area contributed by atoms with Gasteiger partial charge in [0.25, 0.3) is 0 Å². The summed E-state index contributed by atoms with van der Waals surface area (Å²) in [5, 5.41) is 0. The van der Waals surface area contributed by atoms with Crippen LogP contribution < -0.4 is 0 Å². The number of benzene rings is 1. The molecule has 138 valence electrons. The fourth-order valence-electron chi connectivity index (χ4n) is 4.10. The van der Waals surface area contributed by atoms with Crippen molar-refractivity contribution in [3.8, 4) is 0 Å². The molecule has 0 saturated carbocycles. The van der Waals surface area contributed by atoms with Crippen molar-refractivity contribution in [3.63, 3.8) is 0 Å². The summed E-state index contributed by atoms with van der Waals surface area (Å²) >= 11 is 0. The molecule has 0 aromatic heterocycles. The molecule has 25 heavy (non-hydrogen) atoms. The van der Waals surface area contributed by atoms with Gasteiger partial charge in [-0.2, -0.15) is 0 Å². The highest BCUT2D eigenvalue weighted by Gasteiger charge is 2.38. The largest absolute Gasteiger partial charge is 0.379 e. The van der Waals surface area contributed by atoms with Gasteiger partial charge in [0.05, 0.1) is 13.2 Å². The smallest absolute Gasteiger partial charge is 0.223 e. The summed E-state index contributed by atoms with van der Waals surface area (Å²) in [4.78, 5) is 17.3. The summed E-state index contributed by atoms with van der Waals surface area (Å²) in [6.07, 6.45) is 1.53. The second-order valence-electron chi connectivity index (χ2n) is 7.34. The Labute approximate surface area is 149 Å². The van der Waals surface area contributed by atoms with Crippen LogP contribution in [0.2, 0.25) is 0 Å². The lowest BCUT2D eigenvalue weighted by Crippen LogP contribution is -2.47. The molecular formula is C20H29FN2O2. The van der Waals surface area contributed by atoms with Crippen LogP contribution in [-0.4, -0.2) is 61.1 Å². The average Bonchev–Trinajstić information content (AvgIpc) is 3.07. The van der Waals surface area contributed by atoms with Gasteiger partial charge >= 0.3 is 0 Å². The number of carbonyl (C=O) groups excluding carboxylic acids is 1. The highest BCUT2D eigenvalue weighted by molar-refractivity contribution is 5.77. The van der Waals surface area contributed by atoms with Crippen LogP contribution in [0.4, 0.5) is 4.39 Å². The minimum atomic E-state index is -0.239. The molecule has 1 amide bonds. The minimum absolute atomic E-state index is 0.0331. The molecule has 1 aromatic carbocycles. The van der Waals surface area contributed by atoms with Gasteiger partial charge in [0.15, 0.2) is 0 Å². The van der Waals surface area contributed by atoms with Crippen molar-refractivity contribution in [2.75, 3.05) is 39.4 Å². The van der Waals surface area contributed by atoms with Crippen molar-refractivity contribution in [1.82, 2.24) is 9.80 Å². The normalized spacial score (nSPS) is 26.0. The van der Waals surface area contributed by atoms with E-state index in [0.29, 0.717) is 18.4 Å². The van der Waals surface area contributed by atoms with Crippen molar-refractivity contribution >= 4 is 5.91 Å². The number of rotatable bonds is 5. The maximum absolute atomic E-state index is 13.4. The molecule has 3 atom stereocenters. The molecule has 0 aliphatic carbocycles. The molecule has 2 aliphatic rings. The highest BCUT2D eigenvalue weighted by Crippen LogP contribution is 2.28. The van der Waals surface area contributed by atoms with Gasteiger partial charge in [-0.05, 0) is 29.5 Å². The zero-order valence-electron chi connectivity index (χ0n) is 15.3. The first kappa shape index (κ1) is 18.3. The Kier molecular flexibility index (Phi) is 6.07. The number of ether oxygens (including phenoxy) is 1. The van der Waals surface area contributed by atoms with Crippen LogP contribution >= 0.6 is 0 Å². The quantitative estimate of drug-likeness (QED) is 0.820. The van der Waals surface area contributed by atoms with Gasteiger partial charge in [-0.25, -0.2) is 4.39 Å². The van der Waals surface area contributed by atoms with E-state index in [1.807, 2.05) is 17.9 Å². The van der Waals surface area contributed by atoms with E-state index in [1.54, 1.807) is 6.07 Å². The van der Waals surface area contributed by atoms with Crippen LogP contribution in [0.1, 0.15) is 38.2 Å². The number of amides is 1. The Morgan fingerprint density at radius 3 is 2.76 bits per heavy atom. The molecule has 1 aromatic rings. The lowest BCUT2D eigenvalue weighted by atomic mass is 9.97. The van der Waals surface area contributed by atoms with Gasteiger partial charge in [-0.15, -0.1) is 0 Å². The molecular weight excluding hydrogens is 319 g/mol. The zero-order valence-corrected chi connectivity index (χ0v) is 15.3. The molecule has 2 saturated heterocycles. The molecule has 2 fully saturated rings. The van der Waals surface area contributed by atoms with E-state index in [1.165, 1.54) is 12.1 Å². The lowest BCUT2D eigenvalue weighted by molar-refractivity contribution is -0.130. The van der Waals surface area contributed by atoms with Crippen LogP contribution in [-0.2, 0) is 9.53 Å². The van der Waals surface area contributed by atoms with Gasteiger partial charge in [0.1, 0.15) is 5.82 Å². The van der Waals surface area contributed by atoms with E-state index in [4.69, 9.17) is 4.74 Å². The molecule has 0 bridgehead atoms. The summed E-state index contributed by atoms with van der Waals surface area (Å²) in [7, 11) is 0. The zero-order chi connectivity index (χ0) is 17.8. The van der Waals surface area contributed by atoms with Crippen molar-refractivity contribution in [2.45, 2.75) is 38.6 Å². The molecule has 4 nitrogen and oxygen atoms in total. The van der Waals surface area contributed by atoms with Crippen LogP contribution in [0.15, 0.2) is 24.3 Å². The number of morpholine rings is 1. The van der Waals surface area contributed by atoms with Gasteiger partial charge in [0.2, 0.25) is 5.91 Å². The Bertz CT molecular complexity index is 589. The van der Waals surface area contributed by atoms with E-state index < -0.39 is 0 Å². The van der Waals surface area contributed by atoms with Gasteiger partial charge < -0.3 is 9.64 Å². The van der Waals surface area contributed by atoms with E-state index in [9.17, 15) is 9.18 Å². The molecule has 0 unspecified atom stereocenters. The molecule has 0 spiro atoms. The predicted octanol–water partition coefficient (Wildman–Crippen LogP) is 2.89. The molecule has 2 aliphatic heterocycles. The average molecular weight is 348 g/mol. The van der Waals surface area contributed by atoms with Crippen molar-refractivity contribution < 1.29 is 13.9 Å². The first-order valence-electron chi connectivity index (χ1n) is 9.43. The summed E-state index contributed by atoms with van der Waals surface area (Å²) in [5.41, 5.74) is 0.893. The van der Waals surface area contributed by atoms with Crippen molar-refractivity contribution in [3.05, 3.63) is 35.6 Å². The fraction of sp³-hybridized carbons (Fsp3) is 0.650. The van der Waals surface area contributed by atoms with E-state index in [-0.39, 0.29) is 17.6 Å². The second kappa shape index (κ2) is 8.28. The SMILES string of the molecule is CC[C@@H]1CN(C(=O)C[C@H](C)c2cccc(F)c2)C[C@@H]1N1CCOCC1. The van der Waals surface area contributed by atoms with Crippen LogP contribution in [0.3, 0.4) is 0 Å². The lowest BCUT2D eigenvalue weighted by Gasteiger charge is -2.34. The number of carbonyl (C=O) groups is 1. The molecule has 2 heterocycles. The molecule has 3 rings (SSSR count). The Morgan fingerprint density at radius 2 is 2.08 bits per heavy atom. The summed E-state index contributed by atoms with van der Waals surface area (Å²) in [5.74, 6) is 0.514. The second-order valence-corrected chi connectivity index (χ2v) is 7.34. The van der Waals surface area contributed by atoms with E-state index in [2.05, 4.69) is 11.8 Å². The molecule has 0 N–H and O–H groups in total. The van der Waals surface area contributed by atoms with E-state index in [0.717, 1.165) is 51.4 Å². The van der Waals surface area contributed by atoms with Crippen molar-refractivity contribution in [1.29, 1.82) is 0 Å². The van der Waals surface area contributed by atoms with Crippen LogP contribution in [0.5, 0.6) is 0 Å².